The maximum Gasteiger partial charge on any atom is 0.324 e. The van der Waals surface area contributed by atoms with Crippen LogP contribution in [0.2, 0.25) is 0 Å². The third-order valence-electron chi connectivity index (χ3n) is 2.19. The fourth-order valence-electron chi connectivity index (χ4n) is 1.38. The van der Waals surface area contributed by atoms with Crippen LogP contribution in [0.25, 0.3) is 0 Å². The zero-order valence-electron chi connectivity index (χ0n) is 9.10. The molecule has 1 saturated heterocycles. The van der Waals surface area contributed by atoms with Crippen molar-refractivity contribution < 1.29 is 9.53 Å². The lowest BCUT2D eigenvalue weighted by Gasteiger charge is -2.44. The van der Waals surface area contributed by atoms with E-state index in [-0.39, 0.29) is 23.0 Å². The number of esters is 1. The van der Waals surface area contributed by atoms with Gasteiger partial charge in [0.1, 0.15) is 11.6 Å². The zero-order valence-corrected chi connectivity index (χ0v) is 9.10. The van der Waals surface area contributed by atoms with Crippen molar-refractivity contribution in [2.24, 2.45) is 5.41 Å². The van der Waals surface area contributed by atoms with Crippen LogP contribution in [-0.4, -0.2) is 24.2 Å². The first kappa shape index (κ1) is 10.5. The van der Waals surface area contributed by atoms with Crippen LogP contribution in [0.5, 0.6) is 0 Å². The summed E-state index contributed by atoms with van der Waals surface area (Å²) >= 11 is 0. The van der Waals surface area contributed by atoms with Crippen molar-refractivity contribution in [1.29, 1.82) is 0 Å². The van der Waals surface area contributed by atoms with Gasteiger partial charge < -0.3 is 10.1 Å². The molecule has 1 fully saturated rings. The van der Waals surface area contributed by atoms with Gasteiger partial charge in [-0.1, -0.05) is 13.8 Å². The van der Waals surface area contributed by atoms with Crippen LogP contribution < -0.4 is 5.32 Å². The molecule has 0 saturated carbocycles. The van der Waals surface area contributed by atoms with Crippen LogP contribution >= 0.6 is 0 Å². The molecule has 76 valence electrons. The number of carbonyl (C=O) groups is 1. The molecule has 13 heavy (non-hydrogen) atoms. The van der Waals surface area contributed by atoms with Crippen LogP contribution in [0.4, 0.5) is 0 Å². The molecule has 0 aromatic rings. The molecular formula is C10H19NO2. The molecule has 1 aliphatic rings. The molecular weight excluding hydrogens is 166 g/mol. The second-order valence-corrected chi connectivity index (χ2v) is 5.34. The van der Waals surface area contributed by atoms with Crippen LogP contribution in [0.3, 0.4) is 0 Å². The summed E-state index contributed by atoms with van der Waals surface area (Å²) in [5.41, 5.74) is -0.341. The molecule has 1 heterocycles. The van der Waals surface area contributed by atoms with E-state index in [1.807, 2.05) is 20.8 Å². The molecule has 1 atom stereocenters. The van der Waals surface area contributed by atoms with E-state index in [9.17, 15) is 4.79 Å². The van der Waals surface area contributed by atoms with Crippen molar-refractivity contribution in [2.75, 3.05) is 6.54 Å². The molecule has 1 N–H and O–H groups in total. The average molecular weight is 185 g/mol. The summed E-state index contributed by atoms with van der Waals surface area (Å²) in [4.78, 5) is 11.6. The molecule has 0 aromatic carbocycles. The first-order chi connectivity index (χ1) is 5.72. The first-order valence-electron chi connectivity index (χ1n) is 4.69. The monoisotopic (exact) mass is 185 g/mol. The van der Waals surface area contributed by atoms with E-state index in [1.165, 1.54) is 0 Å². The maximum absolute atomic E-state index is 11.6. The van der Waals surface area contributed by atoms with Gasteiger partial charge in [0.15, 0.2) is 0 Å². The lowest BCUT2D eigenvalue weighted by molar-refractivity contribution is -0.164. The minimum Gasteiger partial charge on any atom is -0.459 e. The lowest BCUT2D eigenvalue weighted by Crippen LogP contribution is -2.64. The smallest absolute Gasteiger partial charge is 0.324 e. The molecule has 0 radical (unpaired) electrons. The Morgan fingerprint density at radius 2 is 2.00 bits per heavy atom. The highest BCUT2D eigenvalue weighted by Gasteiger charge is 2.45. The summed E-state index contributed by atoms with van der Waals surface area (Å²) in [6.07, 6.45) is 0. The molecule has 3 nitrogen and oxygen atoms in total. The van der Waals surface area contributed by atoms with Crippen molar-refractivity contribution in [3.05, 3.63) is 0 Å². The highest BCUT2D eigenvalue weighted by molar-refractivity contribution is 5.78. The van der Waals surface area contributed by atoms with Crippen LogP contribution in [0.15, 0.2) is 0 Å². The van der Waals surface area contributed by atoms with E-state index >= 15 is 0 Å². The molecule has 0 aromatic heterocycles. The molecule has 0 bridgehead atoms. The SMILES string of the molecule is CC(C)(C)OC(=O)[C@@H]1NCC1(C)C. The van der Waals surface area contributed by atoms with Crippen molar-refractivity contribution in [3.8, 4) is 0 Å². The van der Waals surface area contributed by atoms with Gasteiger partial charge in [-0.15, -0.1) is 0 Å². The van der Waals surface area contributed by atoms with Crippen molar-refractivity contribution in [1.82, 2.24) is 5.32 Å². The second-order valence-electron chi connectivity index (χ2n) is 5.34. The highest BCUT2D eigenvalue weighted by atomic mass is 16.6. The Kier molecular flexibility index (Phi) is 2.41. The van der Waals surface area contributed by atoms with Gasteiger partial charge in [-0.2, -0.15) is 0 Å². The highest BCUT2D eigenvalue weighted by Crippen LogP contribution is 2.29. The molecule has 1 rings (SSSR count). The molecule has 0 spiro atoms. The van der Waals surface area contributed by atoms with Gasteiger partial charge in [-0.25, -0.2) is 0 Å². The van der Waals surface area contributed by atoms with Crippen molar-refractivity contribution in [3.63, 3.8) is 0 Å². The van der Waals surface area contributed by atoms with Gasteiger partial charge >= 0.3 is 5.97 Å². The fourth-order valence-corrected chi connectivity index (χ4v) is 1.38. The normalized spacial score (nSPS) is 26.4. The van der Waals surface area contributed by atoms with Gasteiger partial charge in [-0.05, 0) is 20.8 Å². The number of ether oxygens (including phenoxy) is 1. The summed E-state index contributed by atoms with van der Waals surface area (Å²) < 4.78 is 5.28. The third kappa shape index (κ3) is 2.44. The molecule has 0 aliphatic carbocycles. The Labute approximate surface area is 79.8 Å². The summed E-state index contributed by atoms with van der Waals surface area (Å²) in [7, 11) is 0. The predicted octanol–water partition coefficient (Wildman–Crippen LogP) is 1.33. The number of hydrogen-bond donors (Lipinski definition) is 1. The summed E-state index contributed by atoms with van der Waals surface area (Å²) in [5.74, 6) is -0.135. The Balaban J connectivity index is 2.50. The quantitative estimate of drug-likeness (QED) is 0.626. The fraction of sp³-hybridized carbons (Fsp3) is 0.900. The summed E-state index contributed by atoms with van der Waals surface area (Å²) in [5, 5.41) is 3.08. The van der Waals surface area contributed by atoms with E-state index in [2.05, 4.69) is 19.2 Å². The molecule has 1 aliphatic heterocycles. The Bertz CT molecular complexity index is 215. The molecule has 0 amide bonds. The van der Waals surface area contributed by atoms with E-state index in [0.29, 0.717) is 0 Å². The average Bonchev–Trinajstić information content (AvgIpc) is 1.80. The maximum atomic E-state index is 11.6. The third-order valence-corrected chi connectivity index (χ3v) is 2.19. The number of hydrogen-bond acceptors (Lipinski definition) is 3. The Hall–Kier alpha value is -0.570. The van der Waals surface area contributed by atoms with Gasteiger partial charge in [0.2, 0.25) is 0 Å². The number of nitrogens with one attached hydrogen (secondary N) is 1. The van der Waals surface area contributed by atoms with Crippen molar-refractivity contribution in [2.45, 2.75) is 46.3 Å². The van der Waals surface area contributed by atoms with Crippen LogP contribution in [-0.2, 0) is 9.53 Å². The number of carbonyl (C=O) groups excluding carboxylic acids is 1. The van der Waals surface area contributed by atoms with Gasteiger partial charge in [0.25, 0.3) is 0 Å². The van der Waals surface area contributed by atoms with Gasteiger partial charge in [-0.3, -0.25) is 4.79 Å². The lowest BCUT2D eigenvalue weighted by atomic mass is 9.77. The van der Waals surface area contributed by atoms with E-state index in [0.717, 1.165) is 6.54 Å². The topological polar surface area (TPSA) is 38.3 Å². The largest absolute Gasteiger partial charge is 0.459 e. The van der Waals surface area contributed by atoms with Crippen LogP contribution in [0.1, 0.15) is 34.6 Å². The number of rotatable bonds is 1. The van der Waals surface area contributed by atoms with Gasteiger partial charge in [0, 0.05) is 12.0 Å². The summed E-state index contributed by atoms with van der Waals surface area (Å²) in [6, 6.07) is -0.133. The van der Waals surface area contributed by atoms with Crippen molar-refractivity contribution >= 4 is 5.97 Å². The summed E-state index contributed by atoms with van der Waals surface area (Å²) in [6.45, 7) is 10.7. The first-order valence-corrected chi connectivity index (χ1v) is 4.69. The zero-order chi connectivity index (χ0) is 10.3. The van der Waals surface area contributed by atoms with E-state index < -0.39 is 0 Å². The van der Waals surface area contributed by atoms with E-state index in [4.69, 9.17) is 4.74 Å². The minimum absolute atomic E-state index is 0.0440. The molecule has 0 unspecified atom stereocenters. The van der Waals surface area contributed by atoms with E-state index in [1.54, 1.807) is 0 Å². The van der Waals surface area contributed by atoms with Gasteiger partial charge in [0.05, 0.1) is 0 Å². The minimum atomic E-state index is -0.384. The van der Waals surface area contributed by atoms with Crippen LogP contribution in [0, 0.1) is 5.41 Å². The second kappa shape index (κ2) is 2.98. The Morgan fingerprint density at radius 1 is 1.46 bits per heavy atom. The molecule has 3 heteroatoms. The Morgan fingerprint density at radius 3 is 2.23 bits per heavy atom. The standard InChI is InChI=1S/C10H19NO2/c1-9(2,3)13-8(12)7-10(4,5)6-11-7/h7,11H,6H2,1-5H3/t7-/m0/s1. The predicted molar refractivity (Wildman–Crippen MR) is 51.4 cm³/mol.